The lowest BCUT2D eigenvalue weighted by atomic mass is 9.99. The molecular weight excluding hydrogens is 354 g/mol. The van der Waals surface area contributed by atoms with Crippen LogP contribution in [0, 0.1) is 25.2 Å². The second kappa shape index (κ2) is 8.35. The highest BCUT2D eigenvalue weighted by Gasteiger charge is 2.13. The van der Waals surface area contributed by atoms with Gasteiger partial charge in [0.25, 0.3) is 5.56 Å². The Balaban J connectivity index is 1.61. The third kappa shape index (κ3) is 4.35. The summed E-state index contributed by atoms with van der Waals surface area (Å²) in [5.74, 6) is -0.122. The summed E-state index contributed by atoms with van der Waals surface area (Å²) >= 11 is 0. The third-order valence-corrected chi connectivity index (χ3v) is 4.66. The van der Waals surface area contributed by atoms with Gasteiger partial charge in [0.1, 0.15) is 11.6 Å². The van der Waals surface area contributed by atoms with Crippen LogP contribution in [0.15, 0.2) is 47.5 Å². The van der Waals surface area contributed by atoms with E-state index in [2.05, 4.69) is 15.4 Å². The first-order valence-corrected chi connectivity index (χ1v) is 8.96. The molecule has 0 aliphatic heterocycles. The number of nitrogens with one attached hydrogen (secondary N) is 2. The lowest BCUT2D eigenvalue weighted by Gasteiger charge is -2.11. The highest BCUT2D eigenvalue weighted by atomic mass is 16.1. The number of benzene rings is 1. The van der Waals surface area contributed by atoms with E-state index in [4.69, 9.17) is 5.26 Å². The molecule has 1 amide bonds. The van der Waals surface area contributed by atoms with Crippen molar-refractivity contribution in [2.24, 2.45) is 0 Å². The quantitative estimate of drug-likeness (QED) is 0.691. The van der Waals surface area contributed by atoms with E-state index in [1.54, 1.807) is 20.0 Å². The molecule has 0 bridgehead atoms. The van der Waals surface area contributed by atoms with Crippen LogP contribution in [-0.4, -0.2) is 20.7 Å². The minimum Gasteiger partial charge on any atom is -0.326 e. The van der Waals surface area contributed by atoms with Crippen LogP contribution in [0.5, 0.6) is 0 Å². The Bertz CT molecular complexity index is 1070. The van der Waals surface area contributed by atoms with Crippen LogP contribution in [0.1, 0.15) is 34.4 Å². The molecule has 0 saturated heterocycles. The van der Waals surface area contributed by atoms with Crippen LogP contribution in [0.25, 0.3) is 0 Å². The second-order valence-corrected chi connectivity index (χ2v) is 6.62. The summed E-state index contributed by atoms with van der Waals surface area (Å²) in [5.41, 5.74) is 3.69. The standard InChI is InChI=1S/C21H21N5O2/c1-14-18(15(2)24-21(28)19(14)12-22)8-9-20(27)25-17-6-4-16(5-7-17)13-26-11-3-10-23-26/h3-7,10-11H,8-9,13H2,1-2H3,(H,24,28)(H,25,27). The number of anilines is 1. The van der Waals surface area contributed by atoms with E-state index in [0.29, 0.717) is 24.2 Å². The average molecular weight is 375 g/mol. The van der Waals surface area contributed by atoms with Crippen molar-refractivity contribution in [2.75, 3.05) is 5.32 Å². The molecule has 0 aliphatic rings. The largest absolute Gasteiger partial charge is 0.326 e. The average Bonchev–Trinajstić information content (AvgIpc) is 3.16. The molecule has 0 unspecified atom stereocenters. The summed E-state index contributed by atoms with van der Waals surface area (Å²) in [7, 11) is 0. The van der Waals surface area contributed by atoms with Gasteiger partial charge in [-0.3, -0.25) is 14.3 Å². The molecule has 3 rings (SSSR count). The van der Waals surface area contributed by atoms with Crippen LogP contribution in [0.4, 0.5) is 5.69 Å². The van der Waals surface area contributed by atoms with E-state index < -0.39 is 0 Å². The van der Waals surface area contributed by atoms with Gasteiger partial charge in [0.15, 0.2) is 0 Å². The van der Waals surface area contributed by atoms with E-state index in [-0.39, 0.29) is 23.5 Å². The first-order valence-electron chi connectivity index (χ1n) is 8.96. The van der Waals surface area contributed by atoms with Gasteiger partial charge >= 0.3 is 0 Å². The predicted octanol–water partition coefficient (Wildman–Crippen LogP) is 2.68. The fraction of sp³-hybridized carbons (Fsp3) is 0.238. The van der Waals surface area contributed by atoms with Crippen molar-refractivity contribution in [1.29, 1.82) is 5.26 Å². The van der Waals surface area contributed by atoms with Gasteiger partial charge in [0.05, 0.1) is 6.54 Å². The molecule has 3 aromatic rings. The Morgan fingerprint density at radius 1 is 1.29 bits per heavy atom. The number of aromatic nitrogens is 3. The van der Waals surface area contributed by atoms with Gasteiger partial charge in [0, 0.05) is 30.2 Å². The number of amides is 1. The molecule has 2 heterocycles. The van der Waals surface area contributed by atoms with Crippen LogP contribution in [0.3, 0.4) is 0 Å². The molecule has 2 aromatic heterocycles. The van der Waals surface area contributed by atoms with E-state index >= 15 is 0 Å². The molecular formula is C21H21N5O2. The lowest BCUT2D eigenvalue weighted by molar-refractivity contribution is -0.116. The van der Waals surface area contributed by atoms with Gasteiger partial charge < -0.3 is 10.3 Å². The SMILES string of the molecule is Cc1[nH]c(=O)c(C#N)c(C)c1CCC(=O)Nc1ccc(Cn2cccn2)cc1. The topological polar surface area (TPSA) is 104 Å². The summed E-state index contributed by atoms with van der Waals surface area (Å²) < 4.78 is 1.83. The number of hydrogen-bond acceptors (Lipinski definition) is 4. The number of pyridine rings is 1. The van der Waals surface area contributed by atoms with Crippen LogP contribution < -0.4 is 10.9 Å². The zero-order valence-corrected chi connectivity index (χ0v) is 15.8. The number of aryl methyl sites for hydroxylation is 1. The van der Waals surface area contributed by atoms with Gasteiger partial charge in [-0.1, -0.05) is 12.1 Å². The van der Waals surface area contributed by atoms with Gasteiger partial charge in [-0.2, -0.15) is 10.4 Å². The number of hydrogen-bond donors (Lipinski definition) is 2. The molecule has 0 atom stereocenters. The molecule has 0 aliphatic carbocycles. The van der Waals surface area contributed by atoms with Crippen LogP contribution in [0.2, 0.25) is 0 Å². The molecule has 142 valence electrons. The van der Waals surface area contributed by atoms with E-state index in [9.17, 15) is 9.59 Å². The molecule has 0 saturated carbocycles. The first-order chi connectivity index (χ1) is 13.5. The summed E-state index contributed by atoms with van der Waals surface area (Å²) in [6.45, 7) is 4.20. The number of rotatable bonds is 6. The minimum atomic E-state index is -0.388. The fourth-order valence-corrected chi connectivity index (χ4v) is 3.16. The summed E-state index contributed by atoms with van der Waals surface area (Å²) in [6, 6.07) is 11.4. The van der Waals surface area contributed by atoms with Gasteiger partial charge in [-0.05, 0) is 55.2 Å². The Morgan fingerprint density at radius 2 is 2.04 bits per heavy atom. The Kier molecular flexibility index (Phi) is 5.70. The van der Waals surface area contributed by atoms with Crippen molar-refractivity contribution in [3.05, 3.63) is 81.0 Å². The van der Waals surface area contributed by atoms with E-state index in [0.717, 1.165) is 16.8 Å². The number of nitriles is 1. The zero-order chi connectivity index (χ0) is 20.1. The van der Waals surface area contributed by atoms with E-state index in [1.165, 1.54) is 0 Å². The maximum absolute atomic E-state index is 12.3. The molecule has 7 heteroatoms. The van der Waals surface area contributed by atoms with Crippen molar-refractivity contribution in [3.63, 3.8) is 0 Å². The monoisotopic (exact) mass is 375 g/mol. The minimum absolute atomic E-state index is 0.105. The van der Waals surface area contributed by atoms with Gasteiger partial charge in [0.2, 0.25) is 5.91 Å². The van der Waals surface area contributed by atoms with E-state index in [1.807, 2.05) is 47.3 Å². The second-order valence-electron chi connectivity index (χ2n) is 6.62. The smallest absolute Gasteiger partial charge is 0.266 e. The number of H-pyrrole nitrogens is 1. The van der Waals surface area contributed by atoms with Crippen molar-refractivity contribution in [3.8, 4) is 6.07 Å². The van der Waals surface area contributed by atoms with Crippen molar-refractivity contribution in [1.82, 2.24) is 14.8 Å². The summed E-state index contributed by atoms with van der Waals surface area (Å²) in [4.78, 5) is 26.8. The fourth-order valence-electron chi connectivity index (χ4n) is 3.16. The molecule has 7 nitrogen and oxygen atoms in total. The first kappa shape index (κ1) is 19.1. The van der Waals surface area contributed by atoms with Gasteiger partial charge in [-0.25, -0.2) is 0 Å². The molecule has 0 spiro atoms. The van der Waals surface area contributed by atoms with Gasteiger partial charge in [-0.15, -0.1) is 0 Å². The summed E-state index contributed by atoms with van der Waals surface area (Å²) in [6.07, 6.45) is 4.34. The normalized spacial score (nSPS) is 10.5. The summed E-state index contributed by atoms with van der Waals surface area (Å²) in [5, 5.41) is 16.2. The highest BCUT2D eigenvalue weighted by molar-refractivity contribution is 5.90. The van der Waals surface area contributed by atoms with Crippen molar-refractivity contribution in [2.45, 2.75) is 33.2 Å². The molecule has 2 N–H and O–H groups in total. The Labute approximate surface area is 162 Å². The number of carbonyl (C=O) groups excluding carboxylic acids is 1. The maximum Gasteiger partial charge on any atom is 0.266 e. The number of carbonyl (C=O) groups is 1. The Morgan fingerprint density at radius 3 is 2.68 bits per heavy atom. The number of nitrogens with zero attached hydrogens (tertiary/aromatic N) is 3. The number of aromatic amines is 1. The molecule has 0 radical (unpaired) electrons. The third-order valence-electron chi connectivity index (χ3n) is 4.66. The van der Waals surface area contributed by atoms with Crippen molar-refractivity contribution >= 4 is 11.6 Å². The lowest BCUT2D eigenvalue weighted by Crippen LogP contribution is -2.18. The van der Waals surface area contributed by atoms with Crippen LogP contribution in [-0.2, 0) is 17.8 Å². The maximum atomic E-state index is 12.3. The van der Waals surface area contributed by atoms with Crippen molar-refractivity contribution < 1.29 is 4.79 Å². The molecule has 0 fully saturated rings. The highest BCUT2D eigenvalue weighted by Crippen LogP contribution is 2.16. The molecule has 28 heavy (non-hydrogen) atoms. The predicted molar refractivity (Wildman–Crippen MR) is 106 cm³/mol. The Hall–Kier alpha value is -3.66. The zero-order valence-electron chi connectivity index (χ0n) is 15.8. The molecule has 1 aromatic carbocycles. The van der Waals surface area contributed by atoms with Crippen LogP contribution >= 0.6 is 0 Å².